The number of hydrogen-bond acceptors (Lipinski definition) is 1. The molecular weight excluding hydrogens is 218 g/mol. The zero-order valence-corrected chi connectivity index (χ0v) is 9.13. The normalized spacial score (nSPS) is 9.80. The Bertz CT molecular complexity index is 355. The lowest BCUT2D eigenvalue weighted by molar-refractivity contribution is 0.509. The highest BCUT2D eigenvalue weighted by atomic mass is 32.1. The molecular formula is C10H12F2N2S. The van der Waals surface area contributed by atoms with Crippen LogP contribution in [0.5, 0.6) is 0 Å². The average Bonchev–Trinajstić information content (AvgIpc) is 2.20. The summed E-state index contributed by atoms with van der Waals surface area (Å²) in [5.74, 6) is -1.76. The molecule has 2 N–H and O–H groups in total. The van der Waals surface area contributed by atoms with Crippen LogP contribution in [0.4, 0.5) is 14.5 Å². The number of benzene rings is 1. The molecule has 2 nitrogen and oxygen atoms in total. The van der Waals surface area contributed by atoms with Gasteiger partial charge in [0.05, 0.1) is 0 Å². The van der Waals surface area contributed by atoms with Gasteiger partial charge in [0.2, 0.25) is 0 Å². The fourth-order valence-electron chi connectivity index (χ4n) is 0.988. The van der Waals surface area contributed by atoms with E-state index >= 15 is 0 Å². The number of thiocarbonyl (C=S) groups is 1. The molecule has 0 saturated heterocycles. The first kappa shape index (κ1) is 11.8. The molecule has 0 aliphatic rings. The minimum atomic E-state index is -0.890. The van der Waals surface area contributed by atoms with Crippen molar-refractivity contribution in [2.75, 3.05) is 11.9 Å². The summed E-state index contributed by atoms with van der Waals surface area (Å²) < 4.78 is 25.4. The second-order valence-electron chi connectivity index (χ2n) is 3.01. The minimum Gasteiger partial charge on any atom is -0.362 e. The van der Waals surface area contributed by atoms with Gasteiger partial charge in [-0.15, -0.1) is 0 Å². The van der Waals surface area contributed by atoms with Crippen LogP contribution in [0.1, 0.15) is 13.3 Å². The van der Waals surface area contributed by atoms with Crippen molar-refractivity contribution in [1.82, 2.24) is 5.32 Å². The molecule has 0 aromatic heterocycles. The Hall–Kier alpha value is -1.23. The van der Waals surface area contributed by atoms with E-state index in [1.54, 1.807) is 0 Å². The predicted molar refractivity (Wildman–Crippen MR) is 60.9 cm³/mol. The van der Waals surface area contributed by atoms with Crippen molar-refractivity contribution in [2.24, 2.45) is 0 Å². The first-order chi connectivity index (χ1) is 7.13. The second kappa shape index (κ2) is 5.60. The van der Waals surface area contributed by atoms with Gasteiger partial charge in [0.25, 0.3) is 0 Å². The summed E-state index contributed by atoms with van der Waals surface area (Å²) in [4.78, 5) is 0. The molecule has 0 atom stereocenters. The number of anilines is 1. The fraction of sp³-hybridized carbons (Fsp3) is 0.300. The minimum absolute atomic E-state index is 0.405. The Morgan fingerprint density at radius 2 is 2.07 bits per heavy atom. The standard InChI is InChI=1S/C10H12F2N2S/c1-2-5-13-10(15)14-7-3-4-8(11)9(12)6-7/h3-4,6H,2,5H2,1H3,(H2,13,14,15). The largest absolute Gasteiger partial charge is 0.362 e. The highest BCUT2D eigenvalue weighted by molar-refractivity contribution is 7.80. The SMILES string of the molecule is CCCNC(=S)Nc1ccc(F)c(F)c1. The molecule has 0 spiro atoms. The number of nitrogens with one attached hydrogen (secondary N) is 2. The Kier molecular flexibility index (Phi) is 4.42. The highest BCUT2D eigenvalue weighted by Gasteiger charge is 2.03. The maximum atomic E-state index is 12.8. The van der Waals surface area contributed by atoms with Gasteiger partial charge < -0.3 is 10.6 Å². The first-order valence-electron chi connectivity index (χ1n) is 4.63. The van der Waals surface area contributed by atoms with E-state index in [2.05, 4.69) is 10.6 Å². The maximum Gasteiger partial charge on any atom is 0.170 e. The van der Waals surface area contributed by atoms with Gasteiger partial charge >= 0.3 is 0 Å². The molecule has 0 saturated carbocycles. The summed E-state index contributed by atoms with van der Waals surface area (Å²) in [5.41, 5.74) is 0.433. The maximum absolute atomic E-state index is 12.8. The van der Waals surface area contributed by atoms with Crippen LogP contribution in [0.15, 0.2) is 18.2 Å². The van der Waals surface area contributed by atoms with Gasteiger partial charge in [-0.05, 0) is 30.8 Å². The molecule has 0 aliphatic carbocycles. The van der Waals surface area contributed by atoms with Crippen molar-refractivity contribution in [3.63, 3.8) is 0 Å². The lowest BCUT2D eigenvalue weighted by Crippen LogP contribution is -2.28. The Balaban J connectivity index is 2.57. The van der Waals surface area contributed by atoms with Crippen LogP contribution in [0.3, 0.4) is 0 Å². The van der Waals surface area contributed by atoms with E-state index in [1.165, 1.54) is 6.07 Å². The zero-order chi connectivity index (χ0) is 11.3. The van der Waals surface area contributed by atoms with E-state index in [0.717, 1.165) is 25.1 Å². The molecule has 0 heterocycles. The summed E-state index contributed by atoms with van der Waals surface area (Å²) in [6, 6.07) is 3.55. The summed E-state index contributed by atoms with van der Waals surface area (Å²) in [7, 11) is 0. The molecule has 0 radical (unpaired) electrons. The number of halogens is 2. The van der Waals surface area contributed by atoms with Crippen molar-refractivity contribution >= 4 is 23.0 Å². The van der Waals surface area contributed by atoms with Crippen LogP contribution in [-0.4, -0.2) is 11.7 Å². The van der Waals surface area contributed by atoms with Crippen LogP contribution in [0.2, 0.25) is 0 Å². The summed E-state index contributed by atoms with van der Waals surface area (Å²) in [5, 5.41) is 6.08. The van der Waals surface area contributed by atoms with Gasteiger partial charge in [-0.3, -0.25) is 0 Å². The van der Waals surface area contributed by atoms with Crippen LogP contribution < -0.4 is 10.6 Å². The third-order valence-electron chi connectivity index (χ3n) is 1.71. The van der Waals surface area contributed by atoms with Gasteiger partial charge in [-0.25, -0.2) is 8.78 Å². The van der Waals surface area contributed by atoms with Crippen molar-refractivity contribution in [2.45, 2.75) is 13.3 Å². The topological polar surface area (TPSA) is 24.1 Å². The van der Waals surface area contributed by atoms with E-state index in [0.29, 0.717) is 10.8 Å². The lowest BCUT2D eigenvalue weighted by atomic mass is 10.3. The van der Waals surface area contributed by atoms with E-state index in [-0.39, 0.29) is 0 Å². The Morgan fingerprint density at radius 3 is 2.67 bits per heavy atom. The fourth-order valence-corrected chi connectivity index (χ4v) is 1.21. The molecule has 0 fully saturated rings. The van der Waals surface area contributed by atoms with Crippen molar-refractivity contribution < 1.29 is 8.78 Å². The van der Waals surface area contributed by atoms with Crippen molar-refractivity contribution in [1.29, 1.82) is 0 Å². The molecule has 82 valence electrons. The predicted octanol–water partition coefficient (Wildman–Crippen LogP) is 2.66. The van der Waals surface area contributed by atoms with E-state index in [1.807, 2.05) is 6.92 Å². The molecule has 0 aliphatic heterocycles. The smallest absolute Gasteiger partial charge is 0.170 e. The van der Waals surface area contributed by atoms with E-state index in [4.69, 9.17) is 12.2 Å². The molecule has 1 aromatic rings. The molecule has 15 heavy (non-hydrogen) atoms. The molecule has 0 amide bonds. The average molecular weight is 230 g/mol. The van der Waals surface area contributed by atoms with Gasteiger partial charge in [0, 0.05) is 18.3 Å². The van der Waals surface area contributed by atoms with Crippen LogP contribution in [0, 0.1) is 11.6 Å². The van der Waals surface area contributed by atoms with Crippen molar-refractivity contribution in [3.05, 3.63) is 29.8 Å². The van der Waals surface area contributed by atoms with Crippen LogP contribution in [-0.2, 0) is 0 Å². The molecule has 5 heteroatoms. The Morgan fingerprint density at radius 1 is 1.33 bits per heavy atom. The number of hydrogen-bond donors (Lipinski definition) is 2. The quantitative estimate of drug-likeness (QED) is 0.781. The molecule has 0 unspecified atom stereocenters. The molecule has 0 bridgehead atoms. The highest BCUT2D eigenvalue weighted by Crippen LogP contribution is 2.12. The van der Waals surface area contributed by atoms with Gasteiger partial charge in [-0.1, -0.05) is 6.92 Å². The van der Waals surface area contributed by atoms with Gasteiger partial charge in [-0.2, -0.15) is 0 Å². The Labute approximate surface area is 92.7 Å². The summed E-state index contributed by atoms with van der Waals surface area (Å²) >= 11 is 4.94. The van der Waals surface area contributed by atoms with Gasteiger partial charge in [0.15, 0.2) is 16.7 Å². The van der Waals surface area contributed by atoms with Crippen LogP contribution in [0.25, 0.3) is 0 Å². The van der Waals surface area contributed by atoms with Gasteiger partial charge in [0.1, 0.15) is 0 Å². The van der Waals surface area contributed by atoms with E-state index < -0.39 is 11.6 Å². The third kappa shape index (κ3) is 3.79. The number of rotatable bonds is 3. The summed E-state index contributed by atoms with van der Waals surface area (Å²) in [6.07, 6.45) is 0.944. The van der Waals surface area contributed by atoms with E-state index in [9.17, 15) is 8.78 Å². The third-order valence-corrected chi connectivity index (χ3v) is 1.96. The van der Waals surface area contributed by atoms with Crippen LogP contribution >= 0.6 is 12.2 Å². The summed E-state index contributed by atoms with van der Waals surface area (Å²) in [6.45, 7) is 2.75. The lowest BCUT2D eigenvalue weighted by Gasteiger charge is -2.09. The molecule has 1 rings (SSSR count). The monoisotopic (exact) mass is 230 g/mol. The first-order valence-corrected chi connectivity index (χ1v) is 5.04. The van der Waals surface area contributed by atoms with Crippen molar-refractivity contribution in [3.8, 4) is 0 Å². The zero-order valence-electron chi connectivity index (χ0n) is 8.31. The second-order valence-corrected chi connectivity index (χ2v) is 3.42. The molecule has 1 aromatic carbocycles.